The number of nitrogens with zero attached hydrogens (tertiary/aromatic N) is 6. The number of aromatic nitrogens is 5. The van der Waals surface area contributed by atoms with Crippen LogP contribution in [0.15, 0.2) is 24.8 Å². The highest BCUT2D eigenvalue weighted by Gasteiger charge is 2.35. The first-order valence-corrected chi connectivity index (χ1v) is 6.78. The zero-order valence-electron chi connectivity index (χ0n) is 10.9. The van der Waals surface area contributed by atoms with Gasteiger partial charge in [-0.1, -0.05) is 5.21 Å². The molecule has 0 bridgehead atoms. The molecule has 2 aromatic heterocycles. The van der Waals surface area contributed by atoms with Crippen molar-refractivity contribution in [3.05, 3.63) is 36.2 Å². The zero-order chi connectivity index (χ0) is 13.5. The summed E-state index contributed by atoms with van der Waals surface area (Å²) in [5.41, 5.74) is 1.48. The lowest BCUT2D eigenvalue weighted by Crippen LogP contribution is -2.51. The molecule has 0 aromatic carbocycles. The van der Waals surface area contributed by atoms with Crippen LogP contribution in [0.4, 0.5) is 0 Å². The van der Waals surface area contributed by atoms with Crippen molar-refractivity contribution in [3.63, 3.8) is 0 Å². The van der Waals surface area contributed by atoms with Gasteiger partial charge >= 0.3 is 0 Å². The van der Waals surface area contributed by atoms with E-state index in [1.807, 2.05) is 10.9 Å². The van der Waals surface area contributed by atoms with Crippen molar-refractivity contribution in [2.45, 2.75) is 24.8 Å². The zero-order valence-corrected chi connectivity index (χ0v) is 10.9. The molecule has 0 atom stereocenters. The highest BCUT2D eigenvalue weighted by Crippen LogP contribution is 2.39. The molecular weight excluding hydrogens is 256 g/mol. The Kier molecular flexibility index (Phi) is 2.51. The van der Waals surface area contributed by atoms with Gasteiger partial charge in [0.05, 0.1) is 17.9 Å². The monoisotopic (exact) mass is 270 g/mol. The molecule has 1 saturated carbocycles. The highest BCUT2D eigenvalue weighted by molar-refractivity contribution is 5.92. The van der Waals surface area contributed by atoms with E-state index in [4.69, 9.17) is 0 Å². The molecule has 2 fully saturated rings. The maximum absolute atomic E-state index is 12.1. The molecule has 20 heavy (non-hydrogen) atoms. The molecule has 102 valence electrons. The van der Waals surface area contributed by atoms with E-state index in [1.54, 1.807) is 11.1 Å². The van der Waals surface area contributed by atoms with Crippen LogP contribution in [-0.4, -0.2) is 48.9 Å². The number of likely N-dealkylation sites (tertiary alicyclic amines) is 1. The molecule has 1 saturated heterocycles. The molecule has 7 nitrogen and oxygen atoms in total. The van der Waals surface area contributed by atoms with E-state index < -0.39 is 0 Å². The summed E-state index contributed by atoms with van der Waals surface area (Å²) < 4.78 is 1.88. The first-order valence-electron chi connectivity index (χ1n) is 6.78. The second-order valence-corrected chi connectivity index (χ2v) is 5.35. The first kappa shape index (κ1) is 11.5. The van der Waals surface area contributed by atoms with Crippen molar-refractivity contribution in [1.29, 1.82) is 0 Å². The van der Waals surface area contributed by atoms with E-state index in [1.165, 1.54) is 25.2 Å². The molecule has 1 amide bonds. The average molecular weight is 270 g/mol. The molecule has 2 aromatic rings. The molecule has 7 heteroatoms. The van der Waals surface area contributed by atoms with Gasteiger partial charge in [-0.3, -0.25) is 9.78 Å². The minimum atomic E-state index is -0.0723. The summed E-state index contributed by atoms with van der Waals surface area (Å²) in [5.74, 6) is 0.540. The maximum atomic E-state index is 12.1. The van der Waals surface area contributed by atoms with Crippen LogP contribution in [0.5, 0.6) is 0 Å². The molecule has 1 aliphatic heterocycles. The van der Waals surface area contributed by atoms with Crippen LogP contribution >= 0.6 is 0 Å². The molecular formula is C13H14N6O. The fourth-order valence-electron chi connectivity index (χ4n) is 2.40. The highest BCUT2D eigenvalue weighted by atomic mass is 16.2. The SMILES string of the molecule is O=C(c1cnccn1)N1CC(n2cc(C3CC3)nn2)C1. The third kappa shape index (κ3) is 1.95. The van der Waals surface area contributed by atoms with Crippen LogP contribution in [0.3, 0.4) is 0 Å². The summed E-state index contributed by atoms with van der Waals surface area (Å²) in [6.07, 6.45) is 9.05. The third-order valence-electron chi connectivity index (χ3n) is 3.83. The lowest BCUT2D eigenvalue weighted by atomic mass is 10.1. The van der Waals surface area contributed by atoms with Gasteiger partial charge in [0.25, 0.3) is 5.91 Å². The predicted octanol–water partition coefficient (Wildman–Crippen LogP) is 0.643. The molecule has 4 rings (SSSR count). The fraction of sp³-hybridized carbons (Fsp3) is 0.462. The number of hydrogen-bond acceptors (Lipinski definition) is 5. The van der Waals surface area contributed by atoms with Crippen molar-refractivity contribution in [3.8, 4) is 0 Å². The average Bonchev–Trinajstić information content (AvgIpc) is 3.18. The van der Waals surface area contributed by atoms with E-state index in [9.17, 15) is 4.79 Å². The molecule has 0 radical (unpaired) electrons. The second kappa shape index (κ2) is 4.36. The van der Waals surface area contributed by atoms with Gasteiger partial charge in [-0.25, -0.2) is 9.67 Å². The van der Waals surface area contributed by atoms with Crippen molar-refractivity contribution < 1.29 is 4.79 Å². The summed E-state index contributed by atoms with van der Waals surface area (Å²) in [6, 6.07) is 0.232. The summed E-state index contributed by atoms with van der Waals surface area (Å²) in [6.45, 7) is 1.31. The smallest absolute Gasteiger partial charge is 0.274 e. The third-order valence-corrected chi connectivity index (χ3v) is 3.83. The summed E-state index contributed by atoms with van der Waals surface area (Å²) >= 11 is 0. The quantitative estimate of drug-likeness (QED) is 0.818. The van der Waals surface area contributed by atoms with Crippen LogP contribution in [0.2, 0.25) is 0 Å². The van der Waals surface area contributed by atoms with E-state index in [0.29, 0.717) is 24.7 Å². The van der Waals surface area contributed by atoms with Gasteiger partial charge in [0, 0.05) is 37.6 Å². The first-order chi connectivity index (χ1) is 9.81. The predicted molar refractivity (Wildman–Crippen MR) is 69.0 cm³/mol. The Morgan fingerprint density at radius 3 is 2.80 bits per heavy atom. The molecule has 0 spiro atoms. The molecule has 2 aliphatic rings. The van der Waals surface area contributed by atoms with E-state index in [0.717, 1.165) is 5.69 Å². The largest absolute Gasteiger partial charge is 0.333 e. The molecule has 1 aliphatic carbocycles. The number of carbonyl (C=O) groups is 1. The minimum Gasteiger partial charge on any atom is -0.333 e. The van der Waals surface area contributed by atoms with Gasteiger partial charge in [-0.15, -0.1) is 5.10 Å². The Morgan fingerprint density at radius 2 is 2.10 bits per heavy atom. The standard InChI is InChI=1S/C13H14N6O/c20-13(11-5-14-3-4-15-11)18-6-10(7-18)19-8-12(16-17-19)9-1-2-9/h3-5,8-10H,1-2,6-7H2. The van der Waals surface area contributed by atoms with Crippen molar-refractivity contribution in [1.82, 2.24) is 29.9 Å². The maximum Gasteiger partial charge on any atom is 0.274 e. The van der Waals surface area contributed by atoms with E-state index in [-0.39, 0.29) is 11.9 Å². The van der Waals surface area contributed by atoms with Gasteiger partial charge in [-0.05, 0) is 12.8 Å². The Balaban J connectivity index is 1.40. The van der Waals surface area contributed by atoms with Crippen molar-refractivity contribution >= 4 is 5.91 Å². The molecule has 0 N–H and O–H groups in total. The van der Waals surface area contributed by atoms with E-state index in [2.05, 4.69) is 20.3 Å². The van der Waals surface area contributed by atoms with Crippen molar-refractivity contribution in [2.75, 3.05) is 13.1 Å². The number of rotatable bonds is 3. The Hall–Kier alpha value is -2.31. The van der Waals surface area contributed by atoms with Crippen molar-refractivity contribution in [2.24, 2.45) is 0 Å². The molecule has 3 heterocycles. The van der Waals surface area contributed by atoms with Crippen LogP contribution in [0.25, 0.3) is 0 Å². The summed E-state index contributed by atoms with van der Waals surface area (Å²) in [5, 5.41) is 8.36. The Bertz CT molecular complexity index is 629. The van der Waals surface area contributed by atoms with E-state index >= 15 is 0 Å². The Morgan fingerprint density at radius 1 is 1.25 bits per heavy atom. The lowest BCUT2D eigenvalue weighted by molar-refractivity contribution is 0.0492. The van der Waals surface area contributed by atoms with Gasteiger partial charge in [0.1, 0.15) is 5.69 Å². The van der Waals surface area contributed by atoms with Gasteiger partial charge < -0.3 is 4.90 Å². The van der Waals surface area contributed by atoms with Gasteiger partial charge in [-0.2, -0.15) is 0 Å². The van der Waals surface area contributed by atoms with Crippen LogP contribution in [0.1, 0.15) is 41.0 Å². The normalized spacial score (nSPS) is 18.9. The second-order valence-electron chi connectivity index (χ2n) is 5.35. The fourth-order valence-corrected chi connectivity index (χ4v) is 2.40. The molecule has 0 unspecified atom stereocenters. The number of carbonyl (C=O) groups excluding carboxylic acids is 1. The topological polar surface area (TPSA) is 76.8 Å². The lowest BCUT2D eigenvalue weighted by Gasteiger charge is -2.38. The van der Waals surface area contributed by atoms with Crippen LogP contribution in [-0.2, 0) is 0 Å². The summed E-state index contributed by atoms with van der Waals surface area (Å²) in [7, 11) is 0. The van der Waals surface area contributed by atoms with Crippen LogP contribution in [0, 0.1) is 0 Å². The van der Waals surface area contributed by atoms with Crippen LogP contribution < -0.4 is 0 Å². The van der Waals surface area contributed by atoms with Gasteiger partial charge in [0.2, 0.25) is 0 Å². The minimum absolute atomic E-state index is 0.0723. The summed E-state index contributed by atoms with van der Waals surface area (Å²) in [4.78, 5) is 21.8. The Labute approximate surface area is 115 Å². The van der Waals surface area contributed by atoms with Gasteiger partial charge in [0.15, 0.2) is 0 Å². The number of hydrogen-bond donors (Lipinski definition) is 0. The number of amides is 1.